The van der Waals surface area contributed by atoms with Gasteiger partial charge in [0.1, 0.15) is 5.69 Å². The lowest BCUT2D eigenvalue weighted by Gasteiger charge is -2.28. The van der Waals surface area contributed by atoms with Gasteiger partial charge in [0.15, 0.2) is 15.6 Å². The Balaban J connectivity index is 1.91. The summed E-state index contributed by atoms with van der Waals surface area (Å²) in [6, 6.07) is -0.264. The number of unbranched alkanes of at least 4 members (excludes halogenated alkanes) is 1. The number of aryl methyl sites for hydroxylation is 1. The van der Waals surface area contributed by atoms with Crippen LogP contribution < -0.4 is 0 Å². The number of ketones is 1. The van der Waals surface area contributed by atoms with E-state index in [1.165, 1.54) is 0 Å². The SMILES string of the molecule is CCCCN(C(=O)c1[nH]c2c(c1C)C(=O)CCC2)[C@@H]1CCS(=O)(=O)C1. The molecule has 138 valence electrons. The van der Waals surface area contributed by atoms with Crippen molar-refractivity contribution in [2.45, 2.75) is 58.4 Å². The van der Waals surface area contributed by atoms with E-state index in [9.17, 15) is 18.0 Å². The van der Waals surface area contributed by atoms with Gasteiger partial charge in [-0.1, -0.05) is 13.3 Å². The number of sulfone groups is 1. The Labute approximate surface area is 148 Å². The number of carbonyl (C=O) groups is 2. The van der Waals surface area contributed by atoms with Gasteiger partial charge in [-0.2, -0.15) is 0 Å². The highest BCUT2D eigenvalue weighted by atomic mass is 32.2. The fraction of sp³-hybridized carbons (Fsp3) is 0.667. The molecular formula is C18H26N2O4S. The number of amides is 1. The molecule has 2 heterocycles. The Kier molecular flexibility index (Phi) is 5.04. The van der Waals surface area contributed by atoms with Gasteiger partial charge in [0.25, 0.3) is 5.91 Å². The van der Waals surface area contributed by atoms with Crippen molar-refractivity contribution in [2.24, 2.45) is 0 Å². The molecule has 1 aliphatic carbocycles. The van der Waals surface area contributed by atoms with Crippen LogP contribution in [-0.2, 0) is 16.3 Å². The van der Waals surface area contributed by atoms with Gasteiger partial charge in [-0.15, -0.1) is 0 Å². The number of carbonyl (C=O) groups excluding carboxylic acids is 2. The smallest absolute Gasteiger partial charge is 0.270 e. The van der Waals surface area contributed by atoms with Crippen molar-refractivity contribution in [1.82, 2.24) is 9.88 Å². The zero-order valence-electron chi connectivity index (χ0n) is 14.9. The quantitative estimate of drug-likeness (QED) is 0.866. The lowest BCUT2D eigenvalue weighted by molar-refractivity contribution is 0.0688. The van der Waals surface area contributed by atoms with E-state index in [2.05, 4.69) is 4.98 Å². The third-order valence-electron chi connectivity index (χ3n) is 5.31. The molecule has 6 nitrogen and oxygen atoms in total. The largest absolute Gasteiger partial charge is 0.354 e. The number of nitrogens with one attached hydrogen (secondary N) is 1. The fourth-order valence-corrected chi connectivity index (χ4v) is 5.66. The minimum Gasteiger partial charge on any atom is -0.354 e. The molecular weight excluding hydrogens is 340 g/mol. The maximum atomic E-state index is 13.2. The molecule has 0 spiro atoms. The molecule has 7 heteroatoms. The lowest BCUT2D eigenvalue weighted by atomic mass is 9.93. The van der Waals surface area contributed by atoms with Crippen LogP contribution in [0.2, 0.25) is 0 Å². The standard InChI is InChI=1S/C18H26N2O4S/c1-3-4-9-20(13-8-10-25(23,24)11-13)18(22)17-12(2)16-14(19-17)6-5-7-15(16)21/h13,19H,3-11H2,1-2H3/t13-/m1/s1. The summed E-state index contributed by atoms with van der Waals surface area (Å²) in [7, 11) is -3.06. The van der Waals surface area contributed by atoms with Crippen molar-refractivity contribution in [3.05, 3.63) is 22.5 Å². The number of H-pyrrole nitrogens is 1. The second kappa shape index (κ2) is 6.94. The summed E-state index contributed by atoms with van der Waals surface area (Å²) in [6.07, 6.45) is 4.38. The first-order chi connectivity index (χ1) is 11.8. The van der Waals surface area contributed by atoms with Crippen molar-refractivity contribution in [3.8, 4) is 0 Å². The summed E-state index contributed by atoms with van der Waals surface area (Å²) in [5, 5.41) is 0. The summed E-state index contributed by atoms with van der Waals surface area (Å²) >= 11 is 0. The van der Waals surface area contributed by atoms with Gasteiger partial charge in [0.2, 0.25) is 0 Å². The number of hydrogen-bond donors (Lipinski definition) is 1. The molecule has 1 amide bonds. The molecule has 0 unspecified atom stereocenters. The summed E-state index contributed by atoms with van der Waals surface area (Å²) < 4.78 is 23.7. The van der Waals surface area contributed by atoms with Crippen molar-refractivity contribution >= 4 is 21.5 Å². The Morgan fingerprint density at radius 2 is 2.08 bits per heavy atom. The highest BCUT2D eigenvalue weighted by molar-refractivity contribution is 7.91. The number of hydrogen-bond acceptors (Lipinski definition) is 4. The minimum absolute atomic E-state index is 0.0425. The van der Waals surface area contributed by atoms with Gasteiger partial charge < -0.3 is 9.88 Å². The van der Waals surface area contributed by atoms with Crippen LogP contribution in [0.3, 0.4) is 0 Å². The number of nitrogens with zero attached hydrogens (tertiary/aromatic N) is 1. The molecule has 0 radical (unpaired) electrons. The molecule has 1 aromatic heterocycles. The normalized spacial score (nSPS) is 22.0. The minimum atomic E-state index is -3.06. The topological polar surface area (TPSA) is 87.3 Å². The molecule has 1 aromatic rings. The molecule has 2 aliphatic rings. The highest BCUT2D eigenvalue weighted by Gasteiger charge is 2.36. The van der Waals surface area contributed by atoms with E-state index in [0.717, 1.165) is 31.4 Å². The Hall–Kier alpha value is -1.63. The van der Waals surface area contributed by atoms with Crippen LogP contribution in [0.25, 0.3) is 0 Å². The average molecular weight is 366 g/mol. The maximum Gasteiger partial charge on any atom is 0.270 e. The molecule has 1 saturated heterocycles. The van der Waals surface area contributed by atoms with Crippen molar-refractivity contribution in [3.63, 3.8) is 0 Å². The monoisotopic (exact) mass is 366 g/mol. The number of aromatic nitrogens is 1. The van der Waals surface area contributed by atoms with Gasteiger partial charge in [0.05, 0.1) is 11.5 Å². The van der Waals surface area contributed by atoms with Gasteiger partial charge in [-0.05, 0) is 38.2 Å². The van der Waals surface area contributed by atoms with Crippen molar-refractivity contribution < 1.29 is 18.0 Å². The van der Waals surface area contributed by atoms with Crippen LogP contribution in [-0.4, -0.2) is 54.1 Å². The predicted molar refractivity (Wildman–Crippen MR) is 95.8 cm³/mol. The van der Waals surface area contributed by atoms with Crippen LogP contribution in [0.15, 0.2) is 0 Å². The first kappa shape index (κ1) is 18.2. The van der Waals surface area contributed by atoms with E-state index >= 15 is 0 Å². The van der Waals surface area contributed by atoms with Crippen molar-refractivity contribution in [1.29, 1.82) is 0 Å². The molecule has 0 saturated carbocycles. The molecule has 25 heavy (non-hydrogen) atoms. The second-order valence-electron chi connectivity index (χ2n) is 7.16. The van der Waals surface area contributed by atoms with E-state index in [1.807, 2.05) is 13.8 Å². The van der Waals surface area contributed by atoms with E-state index in [1.54, 1.807) is 4.90 Å². The van der Waals surface area contributed by atoms with Crippen LogP contribution in [0.1, 0.15) is 71.1 Å². The number of aromatic amines is 1. The van der Waals surface area contributed by atoms with E-state index < -0.39 is 9.84 Å². The van der Waals surface area contributed by atoms with Crippen LogP contribution in [0, 0.1) is 6.92 Å². The van der Waals surface area contributed by atoms with Crippen LogP contribution >= 0.6 is 0 Å². The average Bonchev–Trinajstić information content (AvgIpc) is 3.08. The number of rotatable bonds is 5. The van der Waals surface area contributed by atoms with E-state index in [-0.39, 0.29) is 29.2 Å². The summed E-state index contributed by atoms with van der Waals surface area (Å²) in [4.78, 5) is 30.3. The first-order valence-electron chi connectivity index (χ1n) is 9.10. The molecule has 3 rings (SSSR count). The molecule has 1 N–H and O–H groups in total. The van der Waals surface area contributed by atoms with Crippen LogP contribution in [0.5, 0.6) is 0 Å². The van der Waals surface area contributed by atoms with Crippen molar-refractivity contribution in [2.75, 3.05) is 18.1 Å². The van der Waals surface area contributed by atoms with Gasteiger partial charge in [-0.25, -0.2) is 8.42 Å². The molecule has 1 atom stereocenters. The lowest BCUT2D eigenvalue weighted by Crippen LogP contribution is -2.42. The number of Topliss-reactive ketones (excluding diaryl/α,β-unsaturated/α-hetero) is 1. The Morgan fingerprint density at radius 1 is 1.32 bits per heavy atom. The molecule has 0 bridgehead atoms. The third kappa shape index (κ3) is 3.52. The maximum absolute atomic E-state index is 13.2. The van der Waals surface area contributed by atoms with Gasteiger partial charge >= 0.3 is 0 Å². The zero-order chi connectivity index (χ0) is 18.2. The summed E-state index contributed by atoms with van der Waals surface area (Å²) in [5.74, 6) is 0.112. The fourth-order valence-electron chi connectivity index (χ4n) is 3.93. The second-order valence-corrected chi connectivity index (χ2v) is 9.39. The highest BCUT2D eigenvalue weighted by Crippen LogP contribution is 2.28. The summed E-state index contributed by atoms with van der Waals surface area (Å²) in [6.45, 7) is 4.41. The molecule has 1 fully saturated rings. The molecule has 0 aromatic carbocycles. The zero-order valence-corrected chi connectivity index (χ0v) is 15.7. The molecule has 1 aliphatic heterocycles. The Morgan fingerprint density at radius 3 is 2.68 bits per heavy atom. The van der Waals surface area contributed by atoms with Gasteiger partial charge in [0, 0.05) is 30.3 Å². The van der Waals surface area contributed by atoms with E-state index in [0.29, 0.717) is 36.2 Å². The Bertz CT molecular complexity index is 794. The van der Waals surface area contributed by atoms with Gasteiger partial charge in [-0.3, -0.25) is 9.59 Å². The number of fused-ring (bicyclic) bond motifs is 1. The van der Waals surface area contributed by atoms with E-state index in [4.69, 9.17) is 0 Å². The first-order valence-corrected chi connectivity index (χ1v) is 10.9. The predicted octanol–water partition coefficient (Wildman–Crippen LogP) is 2.27. The summed E-state index contributed by atoms with van der Waals surface area (Å²) in [5.41, 5.74) is 2.70. The third-order valence-corrected chi connectivity index (χ3v) is 7.06. The van der Waals surface area contributed by atoms with Crippen LogP contribution in [0.4, 0.5) is 0 Å².